The first kappa shape index (κ1) is 16.9. The van der Waals surface area contributed by atoms with Crippen molar-refractivity contribution < 1.29 is 0 Å². The molecule has 0 atom stereocenters. The molecule has 3 aliphatic rings. The van der Waals surface area contributed by atoms with Gasteiger partial charge in [0.1, 0.15) is 11.6 Å². The molecule has 0 unspecified atom stereocenters. The Morgan fingerprint density at radius 3 is 2.44 bits per heavy atom. The lowest BCUT2D eigenvalue weighted by molar-refractivity contribution is 0.301. The molecule has 0 saturated heterocycles. The molecule has 2 heterocycles. The molecular formula is C21H27N5O. The molecule has 1 N–H and O–H groups in total. The first-order valence-electron chi connectivity index (χ1n) is 10.5. The Morgan fingerprint density at radius 2 is 1.74 bits per heavy atom. The van der Waals surface area contributed by atoms with Crippen LogP contribution >= 0.6 is 0 Å². The summed E-state index contributed by atoms with van der Waals surface area (Å²) >= 11 is 0. The molecule has 0 radical (unpaired) electrons. The number of hydrogen-bond acceptors (Lipinski definition) is 5. The van der Waals surface area contributed by atoms with Crippen molar-refractivity contribution in [1.82, 2.24) is 19.7 Å². The third kappa shape index (κ3) is 3.62. The summed E-state index contributed by atoms with van der Waals surface area (Å²) < 4.78 is 1.75. The van der Waals surface area contributed by atoms with Crippen molar-refractivity contribution in [2.75, 3.05) is 5.32 Å². The van der Waals surface area contributed by atoms with Crippen LogP contribution in [0.5, 0.6) is 0 Å². The number of aromatic nitrogens is 4. The number of nitrogens with one attached hydrogen (secondary N) is 1. The molecule has 142 valence electrons. The quantitative estimate of drug-likeness (QED) is 0.873. The van der Waals surface area contributed by atoms with Gasteiger partial charge in [-0.25, -0.2) is 14.6 Å². The highest BCUT2D eigenvalue weighted by molar-refractivity contribution is 5.35. The van der Waals surface area contributed by atoms with Gasteiger partial charge in [-0.1, -0.05) is 6.42 Å². The lowest BCUT2D eigenvalue weighted by Gasteiger charge is -2.30. The zero-order valence-corrected chi connectivity index (χ0v) is 15.7. The van der Waals surface area contributed by atoms with Crippen LogP contribution in [0.15, 0.2) is 29.2 Å². The largest absolute Gasteiger partial charge is 0.367 e. The molecule has 3 aliphatic carbocycles. The molecule has 27 heavy (non-hydrogen) atoms. The highest BCUT2D eigenvalue weighted by Gasteiger charge is 2.28. The van der Waals surface area contributed by atoms with E-state index >= 15 is 0 Å². The second-order valence-electron chi connectivity index (χ2n) is 8.39. The highest BCUT2D eigenvalue weighted by Crippen LogP contribution is 2.39. The lowest BCUT2D eigenvalue weighted by Crippen LogP contribution is -2.33. The highest BCUT2D eigenvalue weighted by atomic mass is 16.1. The first-order chi connectivity index (χ1) is 13.3. The fourth-order valence-electron chi connectivity index (χ4n) is 4.29. The van der Waals surface area contributed by atoms with E-state index in [4.69, 9.17) is 4.98 Å². The van der Waals surface area contributed by atoms with Crippen LogP contribution < -0.4 is 10.9 Å². The topological polar surface area (TPSA) is 72.7 Å². The van der Waals surface area contributed by atoms with Crippen LogP contribution in [0.25, 0.3) is 0 Å². The van der Waals surface area contributed by atoms with E-state index in [1.807, 2.05) is 18.3 Å². The van der Waals surface area contributed by atoms with Gasteiger partial charge in [0.05, 0.1) is 11.7 Å². The molecule has 3 fully saturated rings. The monoisotopic (exact) mass is 365 g/mol. The van der Waals surface area contributed by atoms with E-state index in [9.17, 15) is 4.79 Å². The van der Waals surface area contributed by atoms with Crippen LogP contribution in [0.1, 0.15) is 87.2 Å². The summed E-state index contributed by atoms with van der Waals surface area (Å²) in [7, 11) is 0. The standard InChI is InChI=1S/C21H27N5O/c27-20-11-10-18(14-4-5-14)25-26(20)17-8-6-16(7-9-17)23-19-12-13-22-21(24-19)15-2-1-3-15/h10-17H,1-9H2,(H,22,23,24). The molecule has 0 aliphatic heterocycles. The zero-order valence-electron chi connectivity index (χ0n) is 15.7. The van der Waals surface area contributed by atoms with Gasteiger partial charge in [0.2, 0.25) is 0 Å². The van der Waals surface area contributed by atoms with Gasteiger partial charge in [0.15, 0.2) is 0 Å². The molecular weight excluding hydrogens is 338 g/mol. The molecule has 3 saturated carbocycles. The SMILES string of the molecule is O=c1ccc(C2CC2)nn1C1CCC(Nc2ccnc(C3CCC3)n2)CC1. The van der Waals surface area contributed by atoms with E-state index in [0.29, 0.717) is 17.9 Å². The van der Waals surface area contributed by atoms with Crippen LogP contribution in [0.3, 0.4) is 0 Å². The average Bonchev–Trinajstić information content (AvgIpc) is 3.47. The Bertz CT molecular complexity index is 863. The minimum Gasteiger partial charge on any atom is -0.367 e. The maximum atomic E-state index is 12.3. The van der Waals surface area contributed by atoms with Crippen molar-refractivity contribution in [3.05, 3.63) is 46.3 Å². The van der Waals surface area contributed by atoms with Crippen molar-refractivity contribution >= 4 is 5.82 Å². The van der Waals surface area contributed by atoms with Crippen molar-refractivity contribution in [1.29, 1.82) is 0 Å². The average molecular weight is 365 g/mol. The van der Waals surface area contributed by atoms with Gasteiger partial charge in [-0.15, -0.1) is 0 Å². The van der Waals surface area contributed by atoms with Gasteiger partial charge in [-0.2, -0.15) is 5.10 Å². The van der Waals surface area contributed by atoms with Crippen LogP contribution in [-0.2, 0) is 0 Å². The number of hydrogen-bond donors (Lipinski definition) is 1. The smallest absolute Gasteiger partial charge is 0.267 e. The molecule has 0 aromatic carbocycles. The van der Waals surface area contributed by atoms with Crippen molar-refractivity contribution in [3.8, 4) is 0 Å². The van der Waals surface area contributed by atoms with E-state index in [-0.39, 0.29) is 11.6 Å². The van der Waals surface area contributed by atoms with Crippen molar-refractivity contribution in [2.24, 2.45) is 0 Å². The second-order valence-corrected chi connectivity index (χ2v) is 8.39. The maximum Gasteiger partial charge on any atom is 0.267 e. The lowest BCUT2D eigenvalue weighted by atomic mass is 9.85. The molecule has 5 rings (SSSR count). The van der Waals surface area contributed by atoms with E-state index in [2.05, 4.69) is 15.4 Å². The fourth-order valence-corrected chi connectivity index (χ4v) is 4.29. The number of anilines is 1. The maximum absolute atomic E-state index is 12.3. The third-order valence-electron chi connectivity index (χ3n) is 6.38. The molecule has 6 heteroatoms. The van der Waals surface area contributed by atoms with E-state index in [0.717, 1.165) is 43.0 Å². The van der Waals surface area contributed by atoms with Crippen molar-refractivity contribution in [2.45, 2.75) is 81.7 Å². The minimum absolute atomic E-state index is 0.0387. The molecule has 2 aromatic rings. The molecule has 2 aromatic heterocycles. The Kier molecular flexibility index (Phi) is 4.42. The molecule has 0 spiro atoms. The van der Waals surface area contributed by atoms with Crippen LogP contribution in [-0.4, -0.2) is 25.8 Å². The summed E-state index contributed by atoms with van der Waals surface area (Å²) in [6, 6.07) is 6.23. The predicted molar refractivity (Wildman–Crippen MR) is 104 cm³/mol. The second kappa shape index (κ2) is 7.06. The minimum atomic E-state index is 0.0387. The summed E-state index contributed by atoms with van der Waals surface area (Å²) in [5.74, 6) is 3.07. The third-order valence-corrected chi connectivity index (χ3v) is 6.38. The summed E-state index contributed by atoms with van der Waals surface area (Å²) in [4.78, 5) is 21.5. The fraction of sp³-hybridized carbons (Fsp3) is 0.619. The van der Waals surface area contributed by atoms with E-state index in [1.165, 1.54) is 32.1 Å². The zero-order chi connectivity index (χ0) is 18.2. The number of nitrogens with zero attached hydrogens (tertiary/aromatic N) is 4. The van der Waals surface area contributed by atoms with E-state index in [1.54, 1.807) is 10.7 Å². The Labute approximate surface area is 159 Å². The van der Waals surface area contributed by atoms with Gasteiger partial charge >= 0.3 is 0 Å². The molecule has 0 bridgehead atoms. The predicted octanol–water partition coefficient (Wildman–Crippen LogP) is 3.77. The Hall–Kier alpha value is -2.24. The summed E-state index contributed by atoms with van der Waals surface area (Å²) in [6.45, 7) is 0. The number of rotatable bonds is 5. The normalized spacial score (nSPS) is 25.8. The summed E-state index contributed by atoms with van der Waals surface area (Å²) in [5.41, 5.74) is 1.14. The van der Waals surface area contributed by atoms with Gasteiger partial charge in [0.25, 0.3) is 5.56 Å². The van der Waals surface area contributed by atoms with Crippen molar-refractivity contribution in [3.63, 3.8) is 0 Å². The Morgan fingerprint density at radius 1 is 0.926 bits per heavy atom. The van der Waals surface area contributed by atoms with E-state index < -0.39 is 0 Å². The van der Waals surface area contributed by atoms with Gasteiger partial charge in [0, 0.05) is 30.1 Å². The van der Waals surface area contributed by atoms with Crippen LogP contribution in [0.2, 0.25) is 0 Å². The van der Waals surface area contributed by atoms with Gasteiger partial charge in [-0.3, -0.25) is 4.79 Å². The van der Waals surface area contributed by atoms with Gasteiger partial charge in [-0.05, 0) is 63.5 Å². The molecule has 6 nitrogen and oxygen atoms in total. The van der Waals surface area contributed by atoms with Crippen LogP contribution in [0, 0.1) is 0 Å². The first-order valence-corrected chi connectivity index (χ1v) is 10.5. The van der Waals surface area contributed by atoms with Gasteiger partial charge < -0.3 is 5.32 Å². The summed E-state index contributed by atoms with van der Waals surface area (Å²) in [6.07, 6.45) is 12.1. The summed E-state index contributed by atoms with van der Waals surface area (Å²) in [5, 5.41) is 8.27. The molecule has 0 amide bonds. The Balaban J connectivity index is 1.22. The van der Waals surface area contributed by atoms with Crippen LogP contribution in [0.4, 0.5) is 5.82 Å².